The number of rotatable bonds is 3. The molecular weight excluding hydrogens is 198 g/mol. The van der Waals surface area contributed by atoms with Gasteiger partial charge < -0.3 is 10.4 Å². The largest absolute Gasteiger partial charge is 0.479 e. The van der Waals surface area contributed by atoms with Crippen LogP contribution < -0.4 is 5.32 Å². The number of hydrogen-bond acceptors (Lipinski definition) is 4. The second kappa shape index (κ2) is 2.99. The summed E-state index contributed by atoms with van der Waals surface area (Å²) < 4.78 is 22.0. The lowest BCUT2D eigenvalue weighted by molar-refractivity contribution is -0.145. The fourth-order valence-corrected chi connectivity index (χ4v) is 3.21. The summed E-state index contributed by atoms with van der Waals surface area (Å²) in [5.74, 6) is -2.02. The molecule has 0 radical (unpaired) electrons. The first-order chi connectivity index (χ1) is 5.92. The van der Waals surface area contributed by atoms with Gasteiger partial charge in [-0.15, -0.1) is 0 Å². The van der Waals surface area contributed by atoms with Gasteiger partial charge in [0.1, 0.15) is 0 Å². The van der Waals surface area contributed by atoms with Gasteiger partial charge in [0.25, 0.3) is 0 Å². The van der Waals surface area contributed by atoms with E-state index in [4.69, 9.17) is 5.11 Å². The Hall–Kier alpha value is -1.11. The van der Waals surface area contributed by atoms with Gasteiger partial charge in [0, 0.05) is 0 Å². The quantitative estimate of drug-likeness (QED) is 0.541. The normalized spacial score (nSPS) is 31.1. The molecule has 1 amide bonds. The van der Waals surface area contributed by atoms with Crippen molar-refractivity contribution in [1.82, 2.24) is 5.32 Å². The highest BCUT2D eigenvalue weighted by Crippen LogP contribution is 2.23. The van der Waals surface area contributed by atoms with Crippen LogP contribution in [0.2, 0.25) is 0 Å². The summed E-state index contributed by atoms with van der Waals surface area (Å²) in [7, 11) is -3.32. The second-order valence-electron chi connectivity index (χ2n) is 2.99. The molecule has 1 saturated heterocycles. The zero-order chi connectivity index (χ0) is 10.1. The SMILES string of the molecule is O=CNC1(C(=O)O)CCS(=O)(=O)C1. The van der Waals surface area contributed by atoms with E-state index in [-0.39, 0.29) is 18.6 Å². The molecular formula is C6H9NO5S. The minimum Gasteiger partial charge on any atom is -0.479 e. The van der Waals surface area contributed by atoms with E-state index in [9.17, 15) is 18.0 Å². The first-order valence-corrected chi connectivity index (χ1v) is 5.39. The van der Waals surface area contributed by atoms with E-state index in [1.807, 2.05) is 0 Å². The monoisotopic (exact) mass is 207 g/mol. The molecule has 6 nitrogen and oxygen atoms in total. The van der Waals surface area contributed by atoms with Crippen molar-refractivity contribution in [2.24, 2.45) is 0 Å². The van der Waals surface area contributed by atoms with Gasteiger partial charge in [-0.05, 0) is 6.42 Å². The number of carboxylic acid groups (broad SMARTS) is 1. The van der Waals surface area contributed by atoms with Gasteiger partial charge in [0.15, 0.2) is 15.4 Å². The predicted molar refractivity (Wildman–Crippen MR) is 42.8 cm³/mol. The number of carbonyl (C=O) groups excluding carboxylic acids is 1. The van der Waals surface area contributed by atoms with E-state index in [0.717, 1.165) is 0 Å². The van der Waals surface area contributed by atoms with Crippen molar-refractivity contribution in [2.75, 3.05) is 11.5 Å². The van der Waals surface area contributed by atoms with E-state index in [1.54, 1.807) is 0 Å². The van der Waals surface area contributed by atoms with Gasteiger partial charge >= 0.3 is 5.97 Å². The Morgan fingerprint density at radius 2 is 2.15 bits per heavy atom. The molecule has 7 heteroatoms. The first kappa shape index (κ1) is 9.97. The van der Waals surface area contributed by atoms with Gasteiger partial charge in [0.2, 0.25) is 6.41 Å². The number of aliphatic carboxylic acids is 1. The Balaban J connectivity index is 2.96. The Morgan fingerprint density at radius 1 is 1.54 bits per heavy atom. The highest BCUT2D eigenvalue weighted by atomic mass is 32.2. The maximum atomic E-state index is 11.0. The lowest BCUT2D eigenvalue weighted by atomic mass is 10.00. The molecule has 74 valence electrons. The minimum atomic E-state index is -3.32. The summed E-state index contributed by atoms with van der Waals surface area (Å²) in [6, 6.07) is 0. The topological polar surface area (TPSA) is 101 Å². The lowest BCUT2D eigenvalue weighted by Crippen LogP contribution is -2.52. The van der Waals surface area contributed by atoms with Gasteiger partial charge in [0.05, 0.1) is 11.5 Å². The average molecular weight is 207 g/mol. The van der Waals surface area contributed by atoms with Gasteiger partial charge in [-0.1, -0.05) is 0 Å². The fraction of sp³-hybridized carbons (Fsp3) is 0.667. The predicted octanol–water partition coefficient (Wildman–Crippen LogP) is -1.63. The van der Waals surface area contributed by atoms with Crippen LogP contribution in [-0.2, 0) is 19.4 Å². The van der Waals surface area contributed by atoms with Crippen LogP contribution in [0, 0.1) is 0 Å². The molecule has 1 heterocycles. The molecule has 0 aromatic carbocycles. The number of carbonyl (C=O) groups is 2. The van der Waals surface area contributed by atoms with Crippen molar-refractivity contribution < 1.29 is 23.1 Å². The summed E-state index contributed by atoms with van der Waals surface area (Å²) in [6.45, 7) is 0. The molecule has 1 rings (SSSR count). The molecule has 2 N–H and O–H groups in total. The molecule has 0 aromatic rings. The maximum Gasteiger partial charge on any atom is 0.330 e. The zero-order valence-corrected chi connectivity index (χ0v) is 7.50. The first-order valence-electron chi connectivity index (χ1n) is 3.57. The minimum absolute atomic E-state index is 0.0661. The second-order valence-corrected chi connectivity index (χ2v) is 5.18. The summed E-state index contributed by atoms with van der Waals surface area (Å²) in [6.07, 6.45) is 0.151. The van der Waals surface area contributed by atoms with Gasteiger partial charge in [-0.3, -0.25) is 4.79 Å². The number of sulfone groups is 1. The summed E-state index contributed by atoms with van der Waals surface area (Å²) in [4.78, 5) is 20.8. The van der Waals surface area contributed by atoms with Crippen LogP contribution in [0.4, 0.5) is 0 Å². The molecule has 1 unspecified atom stereocenters. The smallest absolute Gasteiger partial charge is 0.330 e. The van der Waals surface area contributed by atoms with E-state index >= 15 is 0 Å². The average Bonchev–Trinajstić information content (AvgIpc) is 2.28. The van der Waals surface area contributed by atoms with E-state index < -0.39 is 27.1 Å². The van der Waals surface area contributed by atoms with Crippen LogP contribution in [0.1, 0.15) is 6.42 Å². The third-order valence-electron chi connectivity index (χ3n) is 2.05. The van der Waals surface area contributed by atoms with Crippen LogP contribution in [0.5, 0.6) is 0 Å². The molecule has 1 atom stereocenters. The van der Waals surface area contributed by atoms with E-state index in [0.29, 0.717) is 0 Å². The van der Waals surface area contributed by atoms with Crippen LogP contribution >= 0.6 is 0 Å². The standard InChI is InChI=1S/C6H9NO5S/c8-4-7-6(5(9)10)1-2-13(11,12)3-6/h4H,1-3H2,(H,7,8)(H,9,10). The van der Waals surface area contributed by atoms with Gasteiger partial charge in [-0.2, -0.15) is 0 Å². The Labute approximate surface area is 74.9 Å². The lowest BCUT2D eigenvalue weighted by Gasteiger charge is -2.20. The summed E-state index contributed by atoms with van der Waals surface area (Å²) in [5, 5.41) is 10.8. The number of amides is 1. The molecule has 0 saturated carbocycles. The number of hydrogen-bond donors (Lipinski definition) is 2. The van der Waals surface area contributed by atoms with Crippen molar-refractivity contribution >= 4 is 22.2 Å². The Morgan fingerprint density at radius 3 is 2.46 bits per heavy atom. The molecule has 0 bridgehead atoms. The van der Waals surface area contributed by atoms with Gasteiger partial charge in [-0.25, -0.2) is 13.2 Å². The third-order valence-corrected chi connectivity index (χ3v) is 3.81. The molecule has 0 spiro atoms. The summed E-state index contributed by atoms with van der Waals surface area (Å²) >= 11 is 0. The highest BCUT2D eigenvalue weighted by molar-refractivity contribution is 7.91. The number of nitrogens with one attached hydrogen (secondary N) is 1. The zero-order valence-electron chi connectivity index (χ0n) is 6.69. The van der Waals surface area contributed by atoms with Crippen LogP contribution in [0.15, 0.2) is 0 Å². The van der Waals surface area contributed by atoms with Crippen LogP contribution in [-0.4, -0.2) is 42.9 Å². The molecule has 0 aromatic heterocycles. The van der Waals surface area contributed by atoms with Crippen molar-refractivity contribution in [3.63, 3.8) is 0 Å². The Kier molecular flexibility index (Phi) is 2.29. The maximum absolute atomic E-state index is 11.0. The Bertz CT molecular complexity index is 335. The van der Waals surface area contributed by atoms with Crippen molar-refractivity contribution in [3.05, 3.63) is 0 Å². The van der Waals surface area contributed by atoms with E-state index in [2.05, 4.69) is 5.32 Å². The number of carboxylic acids is 1. The molecule has 1 fully saturated rings. The fourth-order valence-electron chi connectivity index (χ4n) is 1.31. The molecule has 0 aliphatic carbocycles. The molecule has 1 aliphatic rings. The third kappa shape index (κ3) is 1.80. The summed E-state index contributed by atoms with van der Waals surface area (Å²) in [5.41, 5.74) is -1.61. The highest BCUT2D eigenvalue weighted by Gasteiger charge is 2.48. The van der Waals surface area contributed by atoms with Crippen molar-refractivity contribution in [1.29, 1.82) is 0 Å². The van der Waals surface area contributed by atoms with Crippen molar-refractivity contribution in [2.45, 2.75) is 12.0 Å². The van der Waals surface area contributed by atoms with E-state index in [1.165, 1.54) is 0 Å². The molecule has 13 heavy (non-hydrogen) atoms. The van der Waals surface area contributed by atoms with Crippen molar-refractivity contribution in [3.8, 4) is 0 Å². The molecule has 1 aliphatic heterocycles. The van der Waals surface area contributed by atoms with Crippen LogP contribution in [0.3, 0.4) is 0 Å². The van der Waals surface area contributed by atoms with Crippen LogP contribution in [0.25, 0.3) is 0 Å².